The molecule has 0 saturated heterocycles. The number of carbonyl (C=O) groups excluding carboxylic acids is 1. The Labute approximate surface area is 155 Å². The molecular formula is C21H41FO3. The normalized spacial score (nSPS) is 14.1. The molecule has 0 aromatic carbocycles. The van der Waals surface area contributed by atoms with Gasteiger partial charge in [-0.25, -0.2) is 4.39 Å². The molecule has 0 fully saturated rings. The summed E-state index contributed by atoms with van der Waals surface area (Å²) >= 11 is 0. The van der Waals surface area contributed by atoms with E-state index in [-0.39, 0.29) is 24.5 Å². The first-order valence-corrected chi connectivity index (χ1v) is 9.84. The van der Waals surface area contributed by atoms with Crippen molar-refractivity contribution in [3.63, 3.8) is 0 Å². The van der Waals surface area contributed by atoms with Crippen LogP contribution in [0.25, 0.3) is 0 Å². The standard InChI is InChI=1S/C21H41FO3/c1-17(2)18(23)11-12-19(22)21(6,7)25-16-10-15-24-14-9-8-13-20(3,4)5/h17,19H,8-16H2,1-7H3. The number of carbonyl (C=O) groups is 1. The number of hydrogen-bond donors (Lipinski definition) is 0. The van der Waals surface area contributed by atoms with Crippen molar-refractivity contribution in [2.24, 2.45) is 11.3 Å². The van der Waals surface area contributed by atoms with Gasteiger partial charge in [0.2, 0.25) is 0 Å². The third-order valence-electron chi connectivity index (χ3n) is 4.42. The van der Waals surface area contributed by atoms with Crippen LogP contribution in [0.5, 0.6) is 0 Å². The van der Waals surface area contributed by atoms with E-state index >= 15 is 0 Å². The minimum absolute atomic E-state index is 0.0308. The van der Waals surface area contributed by atoms with E-state index in [2.05, 4.69) is 20.8 Å². The van der Waals surface area contributed by atoms with Gasteiger partial charge in [0.1, 0.15) is 12.0 Å². The molecule has 0 aliphatic heterocycles. The summed E-state index contributed by atoms with van der Waals surface area (Å²) < 4.78 is 25.6. The number of hydrogen-bond acceptors (Lipinski definition) is 3. The number of alkyl halides is 1. The van der Waals surface area contributed by atoms with Crippen LogP contribution >= 0.6 is 0 Å². The van der Waals surface area contributed by atoms with Crippen LogP contribution in [0.4, 0.5) is 4.39 Å². The van der Waals surface area contributed by atoms with Gasteiger partial charge in [0, 0.05) is 32.2 Å². The predicted octanol–water partition coefficient (Wildman–Crippen LogP) is 5.75. The lowest BCUT2D eigenvalue weighted by molar-refractivity contribution is -0.123. The quantitative estimate of drug-likeness (QED) is 0.370. The van der Waals surface area contributed by atoms with Crippen LogP contribution in [0, 0.1) is 11.3 Å². The van der Waals surface area contributed by atoms with Crippen LogP contribution in [0.1, 0.15) is 87.0 Å². The molecule has 25 heavy (non-hydrogen) atoms. The molecule has 3 nitrogen and oxygen atoms in total. The van der Waals surface area contributed by atoms with E-state index in [1.54, 1.807) is 13.8 Å². The maximum absolute atomic E-state index is 14.3. The molecule has 150 valence electrons. The molecule has 0 saturated carbocycles. The molecule has 0 N–H and O–H groups in total. The Morgan fingerprint density at radius 1 is 0.960 bits per heavy atom. The van der Waals surface area contributed by atoms with Crippen molar-refractivity contribution in [2.75, 3.05) is 19.8 Å². The fraction of sp³-hybridized carbons (Fsp3) is 0.952. The second-order valence-corrected chi connectivity index (χ2v) is 9.06. The summed E-state index contributed by atoms with van der Waals surface area (Å²) in [4.78, 5) is 11.6. The highest BCUT2D eigenvalue weighted by Crippen LogP contribution is 2.23. The van der Waals surface area contributed by atoms with Crippen molar-refractivity contribution < 1.29 is 18.7 Å². The smallest absolute Gasteiger partial charge is 0.135 e. The van der Waals surface area contributed by atoms with Gasteiger partial charge in [-0.2, -0.15) is 0 Å². The van der Waals surface area contributed by atoms with Gasteiger partial charge in [0.05, 0.1) is 5.60 Å². The highest BCUT2D eigenvalue weighted by atomic mass is 19.1. The van der Waals surface area contributed by atoms with E-state index in [0.717, 1.165) is 19.4 Å². The topological polar surface area (TPSA) is 35.5 Å². The summed E-state index contributed by atoms with van der Waals surface area (Å²) in [6.07, 6.45) is 3.63. The van der Waals surface area contributed by atoms with Crippen molar-refractivity contribution in [1.29, 1.82) is 0 Å². The lowest BCUT2D eigenvalue weighted by Crippen LogP contribution is -2.37. The first-order chi connectivity index (χ1) is 11.5. The number of halogens is 1. The molecule has 0 aromatic rings. The Bertz CT molecular complexity index is 359. The molecule has 1 unspecified atom stereocenters. The highest BCUT2D eigenvalue weighted by molar-refractivity contribution is 5.80. The number of unbranched alkanes of at least 4 members (excludes halogenated alkanes) is 1. The Morgan fingerprint density at radius 3 is 2.12 bits per heavy atom. The van der Waals surface area contributed by atoms with Crippen molar-refractivity contribution >= 4 is 5.78 Å². The van der Waals surface area contributed by atoms with E-state index in [1.165, 1.54) is 12.8 Å². The average molecular weight is 361 g/mol. The Kier molecular flexibility index (Phi) is 11.8. The molecule has 4 heteroatoms. The third-order valence-corrected chi connectivity index (χ3v) is 4.42. The zero-order valence-corrected chi connectivity index (χ0v) is 17.6. The monoisotopic (exact) mass is 360 g/mol. The van der Waals surface area contributed by atoms with Gasteiger partial charge in [-0.05, 0) is 44.9 Å². The van der Waals surface area contributed by atoms with Crippen LogP contribution in [0.15, 0.2) is 0 Å². The highest BCUT2D eigenvalue weighted by Gasteiger charge is 2.30. The molecule has 0 aromatic heterocycles. The largest absolute Gasteiger partial charge is 0.381 e. The van der Waals surface area contributed by atoms with Crippen molar-refractivity contribution in [3.8, 4) is 0 Å². The van der Waals surface area contributed by atoms with Crippen molar-refractivity contribution in [1.82, 2.24) is 0 Å². The van der Waals surface area contributed by atoms with E-state index in [4.69, 9.17) is 9.47 Å². The Balaban J connectivity index is 3.72. The fourth-order valence-electron chi connectivity index (χ4n) is 2.45. The van der Waals surface area contributed by atoms with E-state index in [1.807, 2.05) is 13.8 Å². The molecule has 0 spiro atoms. The number of rotatable bonds is 14. The van der Waals surface area contributed by atoms with Gasteiger partial charge in [0.25, 0.3) is 0 Å². The molecule has 0 radical (unpaired) electrons. The summed E-state index contributed by atoms with van der Waals surface area (Å²) in [5.41, 5.74) is -0.466. The van der Waals surface area contributed by atoms with Gasteiger partial charge in [-0.3, -0.25) is 4.79 Å². The molecule has 0 aliphatic carbocycles. The molecule has 1 atom stereocenters. The summed E-state index contributed by atoms with van der Waals surface area (Å²) in [6, 6.07) is 0. The minimum atomic E-state index is -1.13. The number of ether oxygens (including phenoxy) is 2. The first kappa shape index (κ1) is 24.5. The van der Waals surface area contributed by atoms with Crippen molar-refractivity contribution in [3.05, 3.63) is 0 Å². The van der Waals surface area contributed by atoms with Crippen LogP contribution in [-0.2, 0) is 14.3 Å². The molecule has 0 rings (SSSR count). The van der Waals surface area contributed by atoms with Gasteiger partial charge in [-0.1, -0.05) is 41.0 Å². The average Bonchev–Trinajstić information content (AvgIpc) is 2.49. The molecule has 0 amide bonds. The predicted molar refractivity (Wildman–Crippen MR) is 103 cm³/mol. The SMILES string of the molecule is CC(C)C(=O)CCC(F)C(C)(C)OCCCOCCCCC(C)(C)C. The van der Waals surface area contributed by atoms with Crippen LogP contribution in [0.3, 0.4) is 0 Å². The van der Waals surface area contributed by atoms with Crippen LogP contribution < -0.4 is 0 Å². The Hall–Kier alpha value is -0.480. The van der Waals surface area contributed by atoms with E-state index < -0.39 is 11.8 Å². The maximum Gasteiger partial charge on any atom is 0.135 e. The lowest BCUT2D eigenvalue weighted by atomic mass is 9.90. The van der Waals surface area contributed by atoms with Crippen LogP contribution in [-0.4, -0.2) is 37.4 Å². The van der Waals surface area contributed by atoms with Gasteiger partial charge in [-0.15, -0.1) is 0 Å². The summed E-state index contributed by atoms with van der Waals surface area (Å²) in [5.74, 6) is 0.0788. The lowest BCUT2D eigenvalue weighted by Gasteiger charge is -2.29. The zero-order chi connectivity index (χ0) is 19.5. The van der Waals surface area contributed by atoms with Crippen LogP contribution in [0.2, 0.25) is 0 Å². The first-order valence-electron chi connectivity index (χ1n) is 9.84. The maximum atomic E-state index is 14.3. The molecular weight excluding hydrogens is 319 g/mol. The summed E-state index contributed by atoms with van der Waals surface area (Å²) in [6.45, 7) is 15.9. The molecule has 0 heterocycles. The van der Waals surface area contributed by atoms with Gasteiger partial charge in [0.15, 0.2) is 0 Å². The van der Waals surface area contributed by atoms with Gasteiger partial charge < -0.3 is 9.47 Å². The second kappa shape index (κ2) is 12.0. The Morgan fingerprint density at radius 2 is 1.56 bits per heavy atom. The zero-order valence-electron chi connectivity index (χ0n) is 17.6. The van der Waals surface area contributed by atoms with Gasteiger partial charge >= 0.3 is 0 Å². The van der Waals surface area contributed by atoms with E-state index in [0.29, 0.717) is 18.6 Å². The number of Topliss-reactive ketones (excluding diaryl/α,β-unsaturated/α-hetero) is 1. The third kappa shape index (κ3) is 13.4. The minimum Gasteiger partial charge on any atom is -0.381 e. The van der Waals surface area contributed by atoms with E-state index in [9.17, 15) is 9.18 Å². The number of ketones is 1. The van der Waals surface area contributed by atoms with Crippen molar-refractivity contribution in [2.45, 2.75) is 98.8 Å². The fourth-order valence-corrected chi connectivity index (χ4v) is 2.45. The summed E-state index contributed by atoms with van der Waals surface area (Å²) in [5, 5.41) is 0. The molecule has 0 bridgehead atoms. The molecule has 0 aliphatic rings. The second-order valence-electron chi connectivity index (χ2n) is 9.06. The summed E-state index contributed by atoms with van der Waals surface area (Å²) in [7, 11) is 0.